The summed E-state index contributed by atoms with van der Waals surface area (Å²) in [7, 11) is 0. The summed E-state index contributed by atoms with van der Waals surface area (Å²) in [5, 5.41) is 0.938. The first kappa shape index (κ1) is 14.4. The van der Waals surface area contributed by atoms with Gasteiger partial charge in [-0.05, 0) is 36.1 Å². The smallest absolute Gasteiger partial charge is 0.0483 e. The molecule has 0 bridgehead atoms. The molecule has 0 unspecified atom stereocenters. The second kappa shape index (κ2) is 6.93. The van der Waals surface area contributed by atoms with E-state index < -0.39 is 0 Å². The van der Waals surface area contributed by atoms with Crippen molar-refractivity contribution in [3.8, 4) is 0 Å². The molecule has 2 aromatic carbocycles. The molecule has 1 aliphatic rings. The van der Waals surface area contributed by atoms with E-state index in [4.69, 9.17) is 11.6 Å². The summed E-state index contributed by atoms with van der Waals surface area (Å²) in [4.78, 5) is 2.49. The Morgan fingerprint density at radius 3 is 2.33 bits per heavy atom. The quantitative estimate of drug-likeness (QED) is 0.776. The van der Waals surface area contributed by atoms with Gasteiger partial charge in [-0.3, -0.25) is 4.90 Å². The summed E-state index contributed by atoms with van der Waals surface area (Å²) >= 11 is 6.61. The molecule has 0 aliphatic carbocycles. The molecule has 21 heavy (non-hydrogen) atoms. The van der Waals surface area contributed by atoms with Crippen LogP contribution in [0.1, 0.15) is 24.0 Å². The van der Waals surface area contributed by atoms with Crippen molar-refractivity contribution >= 4 is 16.6 Å². The number of rotatable bonds is 3. The van der Waals surface area contributed by atoms with Gasteiger partial charge in [0.05, 0.1) is 0 Å². The van der Waals surface area contributed by atoms with Gasteiger partial charge in [-0.15, -0.1) is 0 Å². The van der Waals surface area contributed by atoms with E-state index in [1.165, 1.54) is 17.6 Å². The van der Waals surface area contributed by atoms with Crippen LogP contribution >= 0.6 is 11.6 Å². The number of halogens is 1. The maximum absolute atomic E-state index is 6.61. The Kier molecular flexibility index (Phi) is 4.74. The summed E-state index contributed by atoms with van der Waals surface area (Å²) in [6.07, 6.45) is 2.30. The Labute approximate surface area is 131 Å². The molecule has 1 fully saturated rings. The van der Waals surface area contributed by atoms with Crippen molar-refractivity contribution in [2.45, 2.75) is 19.4 Å². The molecule has 0 amide bonds. The van der Waals surface area contributed by atoms with Crippen LogP contribution in [-0.2, 0) is 6.54 Å². The first-order valence-electron chi connectivity index (χ1n) is 7.52. The van der Waals surface area contributed by atoms with Crippen LogP contribution in [0.5, 0.6) is 0 Å². The molecule has 0 atom stereocenters. The third-order valence-corrected chi connectivity index (χ3v) is 4.44. The van der Waals surface area contributed by atoms with Crippen LogP contribution in [0, 0.1) is 0 Å². The molecule has 2 heteroatoms. The van der Waals surface area contributed by atoms with Crippen molar-refractivity contribution < 1.29 is 0 Å². The summed E-state index contributed by atoms with van der Waals surface area (Å²) in [5.74, 6) is 0. The van der Waals surface area contributed by atoms with Crippen LogP contribution in [0.25, 0.3) is 5.03 Å². The lowest BCUT2D eigenvalue weighted by Crippen LogP contribution is -2.31. The molecule has 3 rings (SSSR count). The predicted octanol–water partition coefficient (Wildman–Crippen LogP) is 4.93. The Morgan fingerprint density at radius 2 is 1.62 bits per heavy atom. The Hall–Kier alpha value is -1.57. The second-order valence-electron chi connectivity index (χ2n) is 5.58. The topological polar surface area (TPSA) is 3.24 Å². The molecule has 0 N–H and O–H groups in total. The summed E-state index contributed by atoms with van der Waals surface area (Å²) in [6, 6.07) is 21.0. The van der Waals surface area contributed by atoms with E-state index in [-0.39, 0.29) is 0 Å². The second-order valence-corrected chi connectivity index (χ2v) is 5.96. The lowest BCUT2D eigenvalue weighted by molar-refractivity contribution is 0.258. The molecule has 0 radical (unpaired) electrons. The maximum atomic E-state index is 6.61. The summed E-state index contributed by atoms with van der Waals surface area (Å²) in [6.45, 7) is 3.13. The van der Waals surface area contributed by atoms with E-state index in [2.05, 4.69) is 47.4 Å². The molecule has 1 saturated heterocycles. The van der Waals surface area contributed by atoms with Gasteiger partial charge >= 0.3 is 0 Å². The number of likely N-dealkylation sites (tertiary alicyclic amines) is 1. The molecular formula is C19H20ClN. The molecule has 0 saturated carbocycles. The molecule has 108 valence electrons. The fourth-order valence-electron chi connectivity index (χ4n) is 2.89. The minimum atomic E-state index is 0.938. The van der Waals surface area contributed by atoms with E-state index >= 15 is 0 Å². The molecular weight excluding hydrogens is 278 g/mol. The van der Waals surface area contributed by atoms with Gasteiger partial charge in [0, 0.05) is 18.1 Å². The monoisotopic (exact) mass is 297 g/mol. The van der Waals surface area contributed by atoms with Crippen LogP contribution in [0.4, 0.5) is 0 Å². The number of benzene rings is 2. The normalized spacial score (nSPS) is 18.5. The van der Waals surface area contributed by atoms with E-state index in [9.17, 15) is 0 Å². The summed E-state index contributed by atoms with van der Waals surface area (Å²) < 4.78 is 0. The molecule has 1 nitrogen and oxygen atoms in total. The van der Waals surface area contributed by atoms with E-state index in [0.717, 1.165) is 36.7 Å². The largest absolute Gasteiger partial charge is 0.295 e. The predicted molar refractivity (Wildman–Crippen MR) is 90.2 cm³/mol. The van der Waals surface area contributed by atoms with Gasteiger partial charge in [-0.2, -0.15) is 0 Å². The average Bonchev–Trinajstić information content (AvgIpc) is 2.56. The van der Waals surface area contributed by atoms with Gasteiger partial charge in [-0.25, -0.2) is 0 Å². The van der Waals surface area contributed by atoms with Gasteiger partial charge < -0.3 is 0 Å². The zero-order valence-corrected chi connectivity index (χ0v) is 12.9. The fraction of sp³-hybridized carbons (Fsp3) is 0.263. The van der Waals surface area contributed by atoms with Crippen molar-refractivity contribution in [1.29, 1.82) is 0 Å². The Balaban J connectivity index is 1.74. The number of hydrogen-bond donors (Lipinski definition) is 0. The van der Waals surface area contributed by atoms with Crippen molar-refractivity contribution in [2.24, 2.45) is 0 Å². The Bertz CT molecular complexity index is 604. The molecule has 1 heterocycles. The average molecular weight is 298 g/mol. The first-order chi connectivity index (χ1) is 10.3. The fourth-order valence-corrected chi connectivity index (χ4v) is 3.17. The molecule has 0 aromatic heterocycles. The van der Waals surface area contributed by atoms with Crippen LogP contribution in [-0.4, -0.2) is 18.0 Å². The zero-order valence-electron chi connectivity index (χ0n) is 12.1. The van der Waals surface area contributed by atoms with Crippen molar-refractivity contribution in [3.05, 3.63) is 77.4 Å². The van der Waals surface area contributed by atoms with Crippen LogP contribution in [0.3, 0.4) is 0 Å². The standard InChI is InChI=1S/C19H20ClN/c20-19(17-10-5-2-6-11-17)18-12-7-13-21(15-18)14-16-8-3-1-4-9-16/h1-6,8-11H,7,12-15H2/b19-18+. The third-order valence-electron chi connectivity index (χ3n) is 3.95. The maximum Gasteiger partial charge on any atom is 0.0483 e. The van der Waals surface area contributed by atoms with Gasteiger partial charge in [0.2, 0.25) is 0 Å². The highest BCUT2D eigenvalue weighted by molar-refractivity contribution is 6.49. The summed E-state index contributed by atoms with van der Waals surface area (Å²) in [5.41, 5.74) is 3.87. The van der Waals surface area contributed by atoms with E-state index in [0.29, 0.717) is 0 Å². The Morgan fingerprint density at radius 1 is 0.952 bits per heavy atom. The van der Waals surface area contributed by atoms with Crippen molar-refractivity contribution in [3.63, 3.8) is 0 Å². The number of nitrogens with zero attached hydrogens (tertiary/aromatic N) is 1. The minimum Gasteiger partial charge on any atom is -0.295 e. The molecule has 0 spiro atoms. The van der Waals surface area contributed by atoms with Gasteiger partial charge in [0.25, 0.3) is 0 Å². The molecule has 2 aromatic rings. The third kappa shape index (κ3) is 3.75. The van der Waals surface area contributed by atoms with Crippen LogP contribution in [0.2, 0.25) is 0 Å². The number of piperidine rings is 1. The lowest BCUT2D eigenvalue weighted by atomic mass is 10.0. The highest BCUT2D eigenvalue weighted by Crippen LogP contribution is 2.29. The molecule has 1 aliphatic heterocycles. The van der Waals surface area contributed by atoms with Gasteiger partial charge in [-0.1, -0.05) is 72.3 Å². The zero-order chi connectivity index (χ0) is 14.5. The van der Waals surface area contributed by atoms with Crippen molar-refractivity contribution in [1.82, 2.24) is 4.90 Å². The van der Waals surface area contributed by atoms with Crippen LogP contribution in [0.15, 0.2) is 66.2 Å². The highest BCUT2D eigenvalue weighted by Gasteiger charge is 2.17. The minimum absolute atomic E-state index is 0.938. The van der Waals surface area contributed by atoms with Crippen LogP contribution < -0.4 is 0 Å². The van der Waals surface area contributed by atoms with Crippen molar-refractivity contribution in [2.75, 3.05) is 13.1 Å². The van der Waals surface area contributed by atoms with E-state index in [1.807, 2.05) is 18.2 Å². The first-order valence-corrected chi connectivity index (χ1v) is 7.90. The SMILES string of the molecule is Cl/C(=C1\CCCN(Cc2ccccc2)C1)c1ccccc1. The lowest BCUT2D eigenvalue weighted by Gasteiger charge is -2.29. The van der Waals surface area contributed by atoms with E-state index in [1.54, 1.807) is 0 Å². The van der Waals surface area contributed by atoms with Gasteiger partial charge in [0.15, 0.2) is 0 Å². The number of hydrogen-bond acceptors (Lipinski definition) is 1. The van der Waals surface area contributed by atoms with Gasteiger partial charge in [0.1, 0.15) is 0 Å². The highest BCUT2D eigenvalue weighted by atomic mass is 35.5.